The summed E-state index contributed by atoms with van der Waals surface area (Å²) in [5, 5.41) is 8.32. The third-order valence-electron chi connectivity index (χ3n) is 3.38. The van der Waals surface area contributed by atoms with Gasteiger partial charge in [0.15, 0.2) is 0 Å². The lowest BCUT2D eigenvalue weighted by Crippen LogP contribution is -2.15. The summed E-state index contributed by atoms with van der Waals surface area (Å²) >= 11 is 5.03. The fourth-order valence-electron chi connectivity index (χ4n) is 2.01. The van der Waals surface area contributed by atoms with E-state index in [2.05, 4.69) is 10.3 Å². The molecule has 2 aliphatic rings. The van der Waals surface area contributed by atoms with E-state index in [9.17, 15) is 0 Å². The van der Waals surface area contributed by atoms with Crippen LogP contribution in [-0.2, 0) is 13.0 Å². The van der Waals surface area contributed by atoms with Crippen molar-refractivity contribution >= 4 is 17.2 Å². The number of aromatic nitrogens is 3. The van der Waals surface area contributed by atoms with Crippen LogP contribution in [0.25, 0.3) is 0 Å². The normalized spacial score (nSPS) is 20.0. The third kappa shape index (κ3) is 2.09. The second-order valence-corrected chi connectivity index (χ2v) is 5.46. The van der Waals surface area contributed by atoms with Crippen molar-refractivity contribution < 1.29 is 0 Å². The van der Waals surface area contributed by atoms with Crippen molar-refractivity contribution in [2.75, 3.05) is 0 Å². The van der Waals surface area contributed by atoms with Crippen LogP contribution in [0, 0.1) is 11.8 Å². The average Bonchev–Trinajstić information content (AvgIpc) is 3.08. The molecule has 0 radical (unpaired) electrons. The number of nitrogens with two attached hydrogens (primary N) is 1. The van der Waals surface area contributed by atoms with Crippen molar-refractivity contribution in [3.63, 3.8) is 0 Å². The van der Waals surface area contributed by atoms with Gasteiger partial charge in [-0.1, -0.05) is 17.4 Å². The van der Waals surface area contributed by atoms with Crippen LogP contribution in [0.15, 0.2) is 0 Å². The third-order valence-corrected chi connectivity index (χ3v) is 3.57. The lowest BCUT2D eigenvalue weighted by molar-refractivity contribution is 0.517. The Bertz CT molecular complexity index is 418. The van der Waals surface area contributed by atoms with Crippen LogP contribution in [-0.4, -0.2) is 20.0 Å². The van der Waals surface area contributed by atoms with Crippen molar-refractivity contribution in [1.29, 1.82) is 0 Å². The van der Waals surface area contributed by atoms with Crippen molar-refractivity contribution in [3.8, 4) is 0 Å². The molecule has 3 rings (SSSR count). The predicted molar refractivity (Wildman–Crippen MR) is 65.1 cm³/mol. The van der Waals surface area contributed by atoms with E-state index in [0.717, 1.165) is 30.5 Å². The zero-order chi connectivity index (χ0) is 11.1. The van der Waals surface area contributed by atoms with Crippen LogP contribution in [0.4, 0.5) is 0 Å². The van der Waals surface area contributed by atoms with Crippen molar-refractivity contribution in [2.24, 2.45) is 17.6 Å². The highest BCUT2D eigenvalue weighted by Gasteiger charge is 2.29. The van der Waals surface area contributed by atoms with Gasteiger partial charge in [0.05, 0.1) is 5.69 Å². The smallest absolute Gasteiger partial charge is 0.143 e. The van der Waals surface area contributed by atoms with Crippen LogP contribution in [0.1, 0.15) is 37.1 Å². The largest absolute Gasteiger partial charge is 0.388 e. The molecule has 0 bridgehead atoms. The molecule has 16 heavy (non-hydrogen) atoms. The van der Waals surface area contributed by atoms with Crippen LogP contribution < -0.4 is 5.73 Å². The van der Waals surface area contributed by atoms with Gasteiger partial charge in [-0.2, -0.15) is 0 Å². The monoisotopic (exact) mass is 236 g/mol. The van der Waals surface area contributed by atoms with Gasteiger partial charge < -0.3 is 5.73 Å². The van der Waals surface area contributed by atoms with Crippen molar-refractivity contribution in [3.05, 3.63) is 11.4 Å². The van der Waals surface area contributed by atoms with Crippen LogP contribution >= 0.6 is 12.2 Å². The SMILES string of the molecule is NC(=S)c1nnn(CC2CC2)c1CC1CC1. The molecule has 1 heterocycles. The quantitative estimate of drug-likeness (QED) is 0.782. The van der Waals surface area contributed by atoms with Gasteiger partial charge in [0.25, 0.3) is 0 Å². The minimum Gasteiger partial charge on any atom is -0.388 e. The van der Waals surface area contributed by atoms with Gasteiger partial charge in [-0.15, -0.1) is 5.10 Å². The van der Waals surface area contributed by atoms with E-state index in [1.165, 1.54) is 31.4 Å². The molecule has 2 N–H and O–H groups in total. The van der Waals surface area contributed by atoms with Crippen LogP contribution in [0.2, 0.25) is 0 Å². The Balaban J connectivity index is 1.85. The Kier molecular flexibility index (Phi) is 2.42. The lowest BCUT2D eigenvalue weighted by Gasteiger charge is -2.06. The Labute approximate surface area is 100 Å². The van der Waals surface area contributed by atoms with Gasteiger partial charge in [0.1, 0.15) is 10.7 Å². The topological polar surface area (TPSA) is 56.7 Å². The summed E-state index contributed by atoms with van der Waals surface area (Å²) in [6.45, 7) is 0.998. The minimum atomic E-state index is 0.387. The van der Waals surface area contributed by atoms with Gasteiger partial charge in [0, 0.05) is 6.54 Å². The molecule has 0 unspecified atom stereocenters. The zero-order valence-electron chi connectivity index (χ0n) is 9.22. The van der Waals surface area contributed by atoms with Gasteiger partial charge in [-0.3, -0.25) is 0 Å². The number of thiocarbonyl (C=S) groups is 1. The van der Waals surface area contributed by atoms with Crippen molar-refractivity contribution in [2.45, 2.75) is 38.6 Å². The molecule has 0 saturated heterocycles. The number of rotatable bonds is 5. The summed E-state index contributed by atoms with van der Waals surface area (Å²) in [7, 11) is 0. The molecule has 0 amide bonds. The maximum absolute atomic E-state index is 5.69. The van der Waals surface area contributed by atoms with E-state index in [-0.39, 0.29) is 0 Å². The van der Waals surface area contributed by atoms with Crippen LogP contribution in [0.5, 0.6) is 0 Å². The highest BCUT2D eigenvalue weighted by atomic mass is 32.1. The Morgan fingerprint density at radius 2 is 2.00 bits per heavy atom. The first-order chi connectivity index (χ1) is 7.74. The first-order valence-corrected chi connectivity index (χ1v) is 6.37. The second-order valence-electron chi connectivity index (χ2n) is 5.02. The lowest BCUT2D eigenvalue weighted by atomic mass is 10.1. The molecule has 2 saturated carbocycles. The van der Waals surface area contributed by atoms with E-state index in [1.54, 1.807) is 0 Å². The van der Waals surface area contributed by atoms with E-state index in [4.69, 9.17) is 18.0 Å². The summed E-state index contributed by atoms with van der Waals surface area (Å²) in [6.07, 6.45) is 6.35. The van der Waals surface area contributed by atoms with Crippen molar-refractivity contribution in [1.82, 2.24) is 15.0 Å². The summed E-state index contributed by atoms with van der Waals surface area (Å²) in [4.78, 5) is 0.387. The summed E-state index contributed by atoms with van der Waals surface area (Å²) < 4.78 is 2.03. The van der Waals surface area contributed by atoms with Gasteiger partial charge in [0.2, 0.25) is 0 Å². The first-order valence-electron chi connectivity index (χ1n) is 5.96. The molecule has 0 atom stereocenters. The maximum atomic E-state index is 5.69. The molecule has 5 heteroatoms. The molecule has 1 aromatic heterocycles. The molecule has 1 aromatic rings. The Morgan fingerprint density at radius 1 is 1.31 bits per heavy atom. The Morgan fingerprint density at radius 3 is 2.56 bits per heavy atom. The van der Waals surface area contributed by atoms with E-state index in [0.29, 0.717) is 4.99 Å². The molecule has 2 fully saturated rings. The van der Waals surface area contributed by atoms with E-state index in [1.807, 2.05) is 4.68 Å². The number of hydrogen-bond acceptors (Lipinski definition) is 3. The summed E-state index contributed by atoms with van der Waals surface area (Å²) in [5.74, 6) is 1.61. The molecular weight excluding hydrogens is 220 g/mol. The second kappa shape index (κ2) is 3.80. The van der Waals surface area contributed by atoms with Gasteiger partial charge in [-0.25, -0.2) is 4.68 Å². The fraction of sp³-hybridized carbons (Fsp3) is 0.727. The van der Waals surface area contributed by atoms with Crippen LogP contribution in [0.3, 0.4) is 0 Å². The standard InChI is InChI=1S/C11H16N4S/c12-11(16)10-9(5-7-1-2-7)15(14-13-10)6-8-3-4-8/h7-8H,1-6H2,(H2,12,16). The number of nitrogens with zero attached hydrogens (tertiary/aromatic N) is 3. The molecule has 0 aliphatic heterocycles. The summed E-state index contributed by atoms with van der Waals surface area (Å²) in [5.41, 5.74) is 7.61. The highest BCUT2D eigenvalue weighted by molar-refractivity contribution is 7.80. The fourth-order valence-corrected chi connectivity index (χ4v) is 2.17. The zero-order valence-corrected chi connectivity index (χ0v) is 10.0. The predicted octanol–water partition coefficient (Wildman–Crippen LogP) is 1.27. The average molecular weight is 236 g/mol. The molecule has 0 spiro atoms. The molecule has 2 aliphatic carbocycles. The minimum absolute atomic E-state index is 0.387. The van der Waals surface area contributed by atoms with Gasteiger partial charge >= 0.3 is 0 Å². The summed E-state index contributed by atoms with van der Waals surface area (Å²) in [6, 6.07) is 0. The Hall–Kier alpha value is -0.970. The maximum Gasteiger partial charge on any atom is 0.143 e. The molecular formula is C11H16N4S. The van der Waals surface area contributed by atoms with E-state index >= 15 is 0 Å². The highest BCUT2D eigenvalue weighted by Crippen LogP contribution is 2.35. The molecule has 4 nitrogen and oxygen atoms in total. The molecule has 86 valence electrons. The van der Waals surface area contributed by atoms with E-state index < -0.39 is 0 Å². The number of hydrogen-bond donors (Lipinski definition) is 1. The van der Waals surface area contributed by atoms with Gasteiger partial charge in [-0.05, 0) is 43.9 Å². The first kappa shape index (κ1) is 10.2. The molecule has 0 aromatic carbocycles.